The van der Waals surface area contributed by atoms with Gasteiger partial charge in [-0.25, -0.2) is 9.36 Å². The van der Waals surface area contributed by atoms with E-state index in [0.29, 0.717) is 36.9 Å². The van der Waals surface area contributed by atoms with E-state index in [0.717, 1.165) is 18.4 Å². The second-order valence-corrected chi connectivity index (χ2v) is 19.5. The number of benzene rings is 1. The zero-order valence-electron chi connectivity index (χ0n) is 35.6. The number of urea groups is 1. The number of anilines is 1. The van der Waals surface area contributed by atoms with Gasteiger partial charge in [-0.15, -0.1) is 0 Å². The summed E-state index contributed by atoms with van der Waals surface area (Å²) in [5.74, 6) is -2.05. The molecule has 4 fully saturated rings. The first-order valence-corrected chi connectivity index (χ1v) is 22.8. The minimum Gasteiger partial charge on any atom is -0.393 e. The maximum Gasteiger partial charge on any atom is 0.472 e. The summed E-state index contributed by atoms with van der Waals surface area (Å²) < 4.78 is 37.0. The molecule has 3 saturated carbocycles. The highest BCUT2D eigenvalue weighted by Crippen LogP contribution is 2.70. The van der Waals surface area contributed by atoms with Crippen LogP contribution in [0.5, 0.6) is 0 Å². The molecule has 9 N–H and O–H groups in total. The van der Waals surface area contributed by atoms with Gasteiger partial charge in [0.25, 0.3) is 0 Å². The van der Waals surface area contributed by atoms with Gasteiger partial charge in [0.05, 0.1) is 24.9 Å². The van der Waals surface area contributed by atoms with E-state index in [-0.39, 0.29) is 55.4 Å². The summed E-state index contributed by atoms with van der Waals surface area (Å²) in [7, 11) is -4.80. The van der Waals surface area contributed by atoms with Crippen LogP contribution in [-0.4, -0.2) is 88.7 Å². The first-order valence-electron chi connectivity index (χ1n) is 21.3. The van der Waals surface area contributed by atoms with Crippen molar-refractivity contribution in [3.8, 4) is 0 Å². The van der Waals surface area contributed by atoms with E-state index in [2.05, 4.69) is 22.9 Å². The highest BCUT2D eigenvalue weighted by Gasteiger charge is 2.75. The molecule has 5 aliphatic rings. The Bertz CT molecular complexity index is 1960. The normalized spacial score (nSPS) is 33.3. The monoisotopic (exact) mass is 871 g/mol. The van der Waals surface area contributed by atoms with Crippen molar-refractivity contribution < 1.29 is 57.1 Å². The Morgan fingerprint density at radius 2 is 1.82 bits per heavy atom. The first kappa shape index (κ1) is 46.7. The number of amides is 4. The number of nitrogens with two attached hydrogens (primary N) is 2. The smallest absolute Gasteiger partial charge is 0.393 e. The van der Waals surface area contributed by atoms with Crippen molar-refractivity contribution in [1.82, 2.24) is 10.6 Å². The zero-order valence-corrected chi connectivity index (χ0v) is 36.5. The fraction of sp³-hybridized carbons (Fsp3) is 0.651. The van der Waals surface area contributed by atoms with Gasteiger partial charge in [0, 0.05) is 29.0 Å². The number of ketones is 2. The molecule has 0 spiro atoms. The second kappa shape index (κ2) is 18.5. The minimum atomic E-state index is -4.80. The van der Waals surface area contributed by atoms with E-state index in [1.807, 2.05) is 19.9 Å². The van der Waals surface area contributed by atoms with Gasteiger partial charge in [0.1, 0.15) is 12.6 Å². The van der Waals surface area contributed by atoms with Crippen molar-refractivity contribution >= 4 is 42.9 Å². The molecule has 1 saturated heterocycles. The number of carbonyl (C=O) groups excluding carboxylic acids is 5. The number of aliphatic hydroxyl groups excluding tert-OH is 1. The molecule has 0 radical (unpaired) electrons. The molecule has 0 bridgehead atoms. The van der Waals surface area contributed by atoms with Gasteiger partial charge in [0.15, 0.2) is 23.5 Å². The third kappa shape index (κ3) is 9.45. The summed E-state index contributed by atoms with van der Waals surface area (Å²) in [6, 6.07) is 3.71. The number of allylic oxidation sites excluding steroid dienone is 4. The van der Waals surface area contributed by atoms with Gasteiger partial charge in [-0.1, -0.05) is 64.8 Å². The van der Waals surface area contributed by atoms with Crippen molar-refractivity contribution in [3.05, 3.63) is 53.6 Å². The molecule has 17 nitrogen and oxygen atoms in total. The van der Waals surface area contributed by atoms with E-state index >= 15 is 0 Å². The summed E-state index contributed by atoms with van der Waals surface area (Å²) in [5, 5.41) is 19.8. The van der Waals surface area contributed by atoms with E-state index in [9.17, 15) is 38.5 Å². The molecule has 1 aromatic carbocycles. The second-order valence-electron chi connectivity index (χ2n) is 18.0. The van der Waals surface area contributed by atoms with Gasteiger partial charge in [-0.2, -0.15) is 0 Å². The molecule has 12 atom stereocenters. The van der Waals surface area contributed by atoms with E-state index in [1.54, 1.807) is 50.3 Å². The fourth-order valence-corrected chi connectivity index (χ4v) is 11.4. The molecule has 6 rings (SSSR count). The van der Waals surface area contributed by atoms with Crippen LogP contribution < -0.4 is 27.4 Å². The van der Waals surface area contributed by atoms with Crippen LogP contribution in [0.25, 0.3) is 0 Å². The van der Waals surface area contributed by atoms with Crippen LogP contribution in [0.1, 0.15) is 91.5 Å². The number of hydrogen-bond donors (Lipinski definition) is 7. The van der Waals surface area contributed by atoms with Crippen molar-refractivity contribution in [3.63, 3.8) is 0 Å². The number of hydrogen-bond acceptors (Lipinski definition) is 12. The molecular formula is C43H62N5O12P. The highest BCUT2D eigenvalue weighted by molar-refractivity contribution is 7.47. The summed E-state index contributed by atoms with van der Waals surface area (Å²) >= 11 is 0. The Balaban J connectivity index is 1.09. The van der Waals surface area contributed by atoms with Crippen LogP contribution >= 0.6 is 7.82 Å². The summed E-state index contributed by atoms with van der Waals surface area (Å²) in [4.78, 5) is 74.6. The quantitative estimate of drug-likeness (QED) is 0.0816. The third-order valence-electron chi connectivity index (χ3n) is 13.8. The SMILES string of the molecule is CCCC1O[C@@H]2C[C@H]3[C@@H]4CCC5=CC(=O)C=C[C@]5(C)[C@H]4[C@@H](O)C[C@]3(C)[C@]2(C(=O)COP(=O)(O)OCc2ccc(NC(=O)[C@H](CCCNC(N)=O)NC(=O)[C@@H](N)C(C)C)cc2)O1. The fourth-order valence-electron chi connectivity index (χ4n) is 10.7. The average molecular weight is 872 g/mol. The van der Waals surface area contributed by atoms with Crippen LogP contribution in [0.3, 0.4) is 0 Å². The standard InChI is InChI=1S/C43H62N5O12P/c1-6-8-35-59-34-20-30-29-15-12-26-19-28(49)16-17-41(26,4)36(29)32(50)21-42(30,5)43(34,60-35)33(51)23-58-61(55,56)57-22-25-10-13-27(14-11-25)47-38(52)31(9-7-18-46-40(45)54)48-39(53)37(44)24(2)3/h10-11,13-14,16-17,19,24,29-32,34-37,50H,6-9,12,15,18,20-23,44H2,1-5H3,(H,47,52)(H,48,53)(H,55,56)(H3,45,46,54)/t29-,30-,31-,32-,34+,35?,36+,37-,41-,42-,43+/m0/s1. The maximum atomic E-state index is 14.5. The Hall–Kier alpha value is -3.80. The Kier molecular flexibility index (Phi) is 14.2. The van der Waals surface area contributed by atoms with Gasteiger partial charge < -0.3 is 46.9 Å². The number of phosphoric acid groups is 1. The third-order valence-corrected chi connectivity index (χ3v) is 14.7. The van der Waals surface area contributed by atoms with Crippen LogP contribution in [0.15, 0.2) is 48.1 Å². The van der Waals surface area contributed by atoms with Crippen molar-refractivity contribution in [1.29, 1.82) is 0 Å². The molecule has 4 aliphatic carbocycles. The van der Waals surface area contributed by atoms with Crippen LogP contribution in [0.2, 0.25) is 0 Å². The lowest BCUT2D eigenvalue weighted by atomic mass is 9.46. The maximum absolute atomic E-state index is 14.5. The molecule has 0 aromatic heterocycles. The number of rotatable bonds is 18. The topological polar surface area (TPSA) is 268 Å². The molecule has 61 heavy (non-hydrogen) atoms. The minimum absolute atomic E-state index is 0.00163. The highest BCUT2D eigenvalue weighted by atomic mass is 31.2. The Morgan fingerprint density at radius 1 is 1.10 bits per heavy atom. The van der Waals surface area contributed by atoms with Crippen LogP contribution in [-0.2, 0) is 48.9 Å². The predicted octanol–water partition coefficient (Wildman–Crippen LogP) is 3.91. The summed E-state index contributed by atoms with van der Waals surface area (Å²) in [5.41, 5.74) is 10.0. The van der Waals surface area contributed by atoms with Crippen molar-refractivity contribution in [2.24, 2.45) is 46.0 Å². The molecule has 1 heterocycles. The van der Waals surface area contributed by atoms with Crippen LogP contribution in [0, 0.1) is 34.5 Å². The first-order chi connectivity index (χ1) is 28.7. The number of nitrogens with one attached hydrogen (secondary N) is 3. The molecule has 4 amide bonds. The Labute approximate surface area is 356 Å². The molecule has 336 valence electrons. The van der Waals surface area contributed by atoms with Gasteiger partial charge in [0.2, 0.25) is 11.8 Å². The molecule has 2 unspecified atom stereocenters. The number of ether oxygens (including phenoxy) is 2. The number of primary amides is 1. The van der Waals surface area contributed by atoms with Gasteiger partial charge in [-0.3, -0.25) is 28.2 Å². The number of fused-ring (bicyclic) bond motifs is 7. The predicted molar refractivity (Wildman–Crippen MR) is 223 cm³/mol. The lowest BCUT2D eigenvalue weighted by molar-refractivity contribution is -0.200. The van der Waals surface area contributed by atoms with Crippen LogP contribution in [0.4, 0.5) is 10.5 Å². The van der Waals surface area contributed by atoms with Gasteiger partial charge in [-0.05, 0) is 92.5 Å². The number of aliphatic hydroxyl groups is 1. The molecule has 1 aliphatic heterocycles. The van der Waals surface area contributed by atoms with E-state index < -0.39 is 85.1 Å². The van der Waals surface area contributed by atoms with Crippen molar-refractivity contribution in [2.75, 3.05) is 18.5 Å². The number of carbonyl (C=O) groups is 5. The molecule has 18 heteroatoms. The van der Waals surface area contributed by atoms with Crippen molar-refractivity contribution in [2.45, 2.75) is 129 Å². The lowest BCUT2D eigenvalue weighted by Gasteiger charge is -2.59. The molecular weight excluding hydrogens is 809 g/mol. The van der Waals surface area contributed by atoms with Gasteiger partial charge >= 0.3 is 13.9 Å². The lowest BCUT2D eigenvalue weighted by Crippen LogP contribution is -2.63. The Morgan fingerprint density at radius 3 is 2.49 bits per heavy atom. The van der Waals surface area contributed by atoms with E-state index in [1.165, 1.54) is 0 Å². The summed E-state index contributed by atoms with van der Waals surface area (Å²) in [6.07, 6.45) is 7.01. The summed E-state index contributed by atoms with van der Waals surface area (Å²) in [6.45, 7) is 8.62. The molecule has 1 aromatic rings. The number of phosphoric ester groups is 1. The average Bonchev–Trinajstić information content (AvgIpc) is 3.69. The number of Topliss-reactive ketones (excluding diaryl/α,β-unsaturated/α-hetero) is 1. The zero-order chi connectivity index (χ0) is 44.5. The largest absolute Gasteiger partial charge is 0.472 e. The van der Waals surface area contributed by atoms with E-state index in [4.69, 9.17) is 30.0 Å².